The molecule has 2 aromatic rings. The lowest BCUT2D eigenvalue weighted by molar-refractivity contribution is 0.524. The minimum Gasteiger partial charge on any atom is -0.458 e. The standard InChI is InChI=1S/C13H19N5OS/c1-2-3-6-16-12(15)18-13-17-10(8-20-13)11-5-4-9(7-14)19-11/h4-5,8H,2-3,6-7,14H2,1H3,(H3,15,16,17,18). The maximum Gasteiger partial charge on any atom is 0.194 e. The first-order chi connectivity index (χ1) is 9.72. The Labute approximate surface area is 121 Å². The fourth-order valence-electron chi connectivity index (χ4n) is 1.58. The summed E-state index contributed by atoms with van der Waals surface area (Å²) in [5, 5.41) is 5.58. The molecule has 0 atom stereocenters. The van der Waals surface area contributed by atoms with E-state index in [0.717, 1.165) is 30.8 Å². The molecular weight excluding hydrogens is 274 g/mol. The Balaban J connectivity index is 2.00. The molecule has 0 spiro atoms. The first-order valence-corrected chi connectivity index (χ1v) is 7.42. The van der Waals surface area contributed by atoms with Crippen LogP contribution in [0.2, 0.25) is 0 Å². The SMILES string of the molecule is CCCCN=C(N)Nc1nc(-c2ccc(CN)o2)cs1. The van der Waals surface area contributed by atoms with Crippen molar-refractivity contribution in [2.24, 2.45) is 16.5 Å². The van der Waals surface area contributed by atoms with Gasteiger partial charge in [-0.3, -0.25) is 4.99 Å². The predicted octanol–water partition coefficient (Wildman–Crippen LogP) is 2.39. The Bertz CT molecular complexity index is 575. The molecule has 20 heavy (non-hydrogen) atoms. The Morgan fingerprint density at radius 3 is 3.05 bits per heavy atom. The Hall–Kier alpha value is -1.86. The van der Waals surface area contributed by atoms with Gasteiger partial charge in [-0.2, -0.15) is 0 Å². The van der Waals surface area contributed by atoms with E-state index in [4.69, 9.17) is 15.9 Å². The number of aromatic nitrogens is 1. The maximum atomic E-state index is 5.79. The molecule has 0 aliphatic rings. The molecule has 0 saturated heterocycles. The lowest BCUT2D eigenvalue weighted by Gasteiger charge is -2.00. The van der Waals surface area contributed by atoms with Gasteiger partial charge in [0, 0.05) is 11.9 Å². The van der Waals surface area contributed by atoms with E-state index in [1.54, 1.807) is 0 Å². The Morgan fingerprint density at radius 2 is 2.35 bits per heavy atom. The van der Waals surface area contributed by atoms with E-state index in [0.29, 0.717) is 23.4 Å². The molecule has 5 N–H and O–H groups in total. The molecule has 108 valence electrons. The molecule has 2 aromatic heterocycles. The van der Waals surface area contributed by atoms with Crippen molar-refractivity contribution in [3.05, 3.63) is 23.3 Å². The normalized spacial score (nSPS) is 11.8. The summed E-state index contributed by atoms with van der Waals surface area (Å²) >= 11 is 1.45. The highest BCUT2D eigenvalue weighted by atomic mass is 32.1. The maximum absolute atomic E-state index is 5.79. The van der Waals surface area contributed by atoms with Crippen LogP contribution in [0.25, 0.3) is 11.5 Å². The molecule has 6 nitrogen and oxygen atoms in total. The van der Waals surface area contributed by atoms with Gasteiger partial charge >= 0.3 is 0 Å². The van der Waals surface area contributed by atoms with Gasteiger partial charge in [-0.25, -0.2) is 4.98 Å². The number of hydrogen-bond donors (Lipinski definition) is 3. The molecule has 0 bridgehead atoms. The molecule has 0 aliphatic carbocycles. The van der Waals surface area contributed by atoms with Gasteiger partial charge < -0.3 is 21.2 Å². The first-order valence-electron chi connectivity index (χ1n) is 6.54. The van der Waals surface area contributed by atoms with Crippen molar-refractivity contribution >= 4 is 22.4 Å². The topological polar surface area (TPSA) is 102 Å². The number of furan rings is 1. The quantitative estimate of drug-likeness (QED) is 0.431. The van der Waals surface area contributed by atoms with E-state index >= 15 is 0 Å². The molecule has 0 aromatic carbocycles. The van der Waals surface area contributed by atoms with Crippen molar-refractivity contribution in [2.45, 2.75) is 26.3 Å². The van der Waals surface area contributed by atoms with Gasteiger partial charge in [0.15, 0.2) is 16.9 Å². The lowest BCUT2D eigenvalue weighted by Crippen LogP contribution is -2.22. The average Bonchev–Trinajstić information content (AvgIpc) is 3.07. The molecule has 0 aliphatic heterocycles. The number of thiazole rings is 1. The van der Waals surface area contributed by atoms with E-state index in [1.807, 2.05) is 17.5 Å². The number of nitrogens with one attached hydrogen (secondary N) is 1. The minimum atomic E-state index is 0.381. The van der Waals surface area contributed by atoms with Gasteiger partial charge in [0.25, 0.3) is 0 Å². The van der Waals surface area contributed by atoms with Crippen LogP contribution in [-0.4, -0.2) is 17.5 Å². The van der Waals surface area contributed by atoms with Gasteiger partial charge in [-0.1, -0.05) is 13.3 Å². The zero-order valence-corrected chi connectivity index (χ0v) is 12.2. The van der Waals surface area contributed by atoms with E-state index in [1.165, 1.54) is 11.3 Å². The van der Waals surface area contributed by atoms with Gasteiger partial charge in [-0.15, -0.1) is 11.3 Å². The summed E-state index contributed by atoms with van der Waals surface area (Å²) < 4.78 is 5.55. The number of guanidine groups is 1. The number of unbranched alkanes of at least 4 members (excludes halogenated alkanes) is 1. The van der Waals surface area contributed by atoms with Crippen molar-refractivity contribution < 1.29 is 4.42 Å². The Kier molecular flexibility index (Phi) is 5.14. The molecule has 7 heteroatoms. The number of anilines is 1. The van der Waals surface area contributed by atoms with Crippen molar-refractivity contribution in [1.29, 1.82) is 0 Å². The van der Waals surface area contributed by atoms with Crippen LogP contribution in [0.5, 0.6) is 0 Å². The van der Waals surface area contributed by atoms with Gasteiger partial charge in [0.1, 0.15) is 11.5 Å². The summed E-state index contributed by atoms with van der Waals surface area (Å²) in [6.45, 7) is 3.23. The second kappa shape index (κ2) is 7.06. The number of rotatable bonds is 6. The van der Waals surface area contributed by atoms with Crippen LogP contribution in [-0.2, 0) is 6.54 Å². The molecule has 0 unspecified atom stereocenters. The summed E-state index contributed by atoms with van der Waals surface area (Å²) in [5.74, 6) is 1.83. The predicted molar refractivity (Wildman–Crippen MR) is 82.7 cm³/mol. The van der Waals surface area contributed by atoms with Crippen molar-refractivity contribution in [3.8, 4) is 11.5 Å². The second-order valence-electron chi connectivity index (χ2n) is 4.25. The third kappa shape index (κ3) is 3.82. The van der Waals surface area contributed by atoms with Gasteiger partial charge in [0.2, 0.25) is 0 Å². The molecule has 0 amide bonds. The van der Waals surface area contributed by atoms with E-state index < -0.39 is 0 Å². The third-order valence-electron chi connectivity index (χ3n) is 2.65. The number of nitrogens with zero attached hydrogens (tertiary/aromatic N) is 2. The highest BCUT2D eigenvalue weighted by Crippen LogP contribution is 2.26. The Morgan fingerprint density at radius 1 is 1.50 bits per heavy atom. The van der Waals surface area contributed by atoms with Crippen LogP contribution in [0.3, 0.4) is 0 Å². The van der Waals surface area contributed by atoms with Crippen LogP contribution in [0.1, 0.15) is 25.5 Å². The number of hydrogen-bond acceptors (Lipinski definition) is 5. The van der Waals surface area contributed by atoms with E-state index in [9.17, 15) is 0 Å². The van der Waals surface area contributed by atoms with Gasteiger partial charge in [-0.05, 0) is 18.6 Å². The highest BCUT2D eigenvalue weighted by Gasteiger charge is 2.09. The van der Waals surface area contributed by atoms with Crippen molar-refractivity contribution in [2.75, 3.05) is 11.9 Å². The van der Waals surface area contributed by atoms with Crippen LogP contribution in [0.4, 0.5) is 5.13 Å². The lowest BCUT2D eigenvalue weighted by atomic mass is 10.3. The number of aliphatic imine (C=N–C) groups is 1. The summed E-state index contributed by atoms with van der Waals surface area (Å²) in [7, 11) is 0. The van der Waals surface area contributed by atoms with Crippen LogP contribution < -0.4 is 16.8 Å². The first kappa shape index (κ1) is 14.5. The van der Waals surface area contributed by atoms with Crippen LogP contribution >= 0.6 is 11.3 Å². The fraction of sp³-hybridized carbons (Fsp3) is 0.385. The summed E-state index contributed by atoms with van der Waals surface area (Å²) in [6.07, 6.45) is 2.12. The summed E-state index contributed by atoms with van der Waals surface area (Å²) in [5.41, 5.74) is 12.1. The van der Waals surface area contributed by atoms with Crippen molar-refractivity contribution in [1.82, 2.24) is 4.98 Å². The van der Waals surface area contributed by atoms with Crippen LogP contribution in [0, 0.1) is 0 Å². The average molecular weight is 293 g/mol. The monoisotopic (exact) mass is 293 g/mol. The molecule has 2 rings (SSSR count). The smallest absolute Gasteiger partial charge is 0.194 e. The molecule has 0 radical (unpaired) electrons. The van der Waals surface area contributed by atoms with Crippen LogP contribution in [0.15, 0.2) is 26.9 Å². The molecule has 2 heterocycles. The van der Waals surface area contributed by atoms with E-state index in [2.05, 4.69) is 22.2 Å². The van der Waals surface area contributed by atoms with Crippen molar-refractivity contribution in [3.63, 3.8) is 0 Å². The fourth-order valence-corrected chi connectivity index (χ4v) is 2.28. The molecular formula is C13H19N5OS. The zero-order valence-electron chi connectivity index (χ0n) is 11.4. The van der Waals surface area contributed by atoms with E-state index in [-0.39, 0.29) is 0 Å². The highest BCUT2D eigenvalue weighted by molar-refractivity contribution is 7.14. The second-order valence-corrected chi connectivity index (χ2v) is 5.11. The number of nitrogens with two attached hydrogens (primary N) is 2. The zero-order chi connectivity index (χ0) is 14.4. The summed E-state index contributed by atoms with van der Waals surface area (Å²) in [6, 6.07) is 3.71. The molecule has 0 fully saturated rings. The minimum absolute atomic E-state index is 0.381. The summed E-state index contributed by atoms with van der Waals surface area (Å²) in [4.78, 5) is 8.63. The van der Waals surface area contributed by atoms with Gasteiger partial charge in [0.05, 0.1) is 6.54 Å². The molecule has 0 saturated carbocycles. The largest absolute Gasteiger partial charge is 0.458 e. The third-order valence-corrected chi connectivity index (χ3v) is 3.41.